The molecule has 2 rings (SSSR count). The summed E-state index contributed by atoms with van der Waals surface area (Å²) in [6, 6.07) is 4.97. The van der Waals surface area contributed by atoms with Gasteiger partial charge < -0.3 is 14.6 Å². The smallest absolute Gasteiger partial charge is 0.350 e. The highest BCUT2D eigenvalue weighted by Gasteiger charge is 2.40. The third-order valence-electron chi connectivity index (χ3n) is 2.96. The fraction of sp³-hybridized carbons (Fsp3) is 0.462. The van der Waals surface area contributed by atoms with E-state index in [0.717, 1.165) is 12.0 Å². The van der Waals surface area contributed by atoms with Gasteiger partial charge in [0, 0.05) is 12.5 Å². The molecule has 0 saturated carbocycles. The first-order chi connectivity index (χ1) is 8.05. The van der Waals surface area contributed by atoms with Crippen molar-refractivity contribution in [1.29, 1.82) is 0 Å². The van der Waals surface area contributed by atoms with Gasteiger partial charge in [-0.3, -0.25) is 0 Å². The van der Waals surface area contributed by atoms with E-state index in [-0.39, 0.29) is 11.7 Å². The number of carbonyl (C=O) groups is 1. The molecular formula is C13H16O4. The van der Waals surface area contributed by atoms with E-state index < -0.39 is 5.60 Å². The van der Waals surface area contributed by atoms with E-state index in [0.29, 0.717) is 18.8 Å². The van der Waals surface area contributed by atoms with E-state index in [1.165, 1.54) is 6.07 Å². The summed E-state index contributed by atoms with van der Waals surface area (Å²) in [7, 11) is 0. The molecule has 1 atom stereocenters. The molecule has 1 aromatic rings. The zero-order valence-electron chi connectivity index (χ0n) is 10.0. The maximum absolute atomic E-state index is 11.8. The molecule has 0 spiro atoms. The lowest BCUT2D eigenvalue weighted by Crippen LogP contribution is -2.45. The standard InChI is InChI=1S/C13H16O4/c1-3-16-12(15)13(2)7-6-9-4-5-10(14)8-11(9)17-13/h4-5,8,14H,3,6-7H2,1-2H3/t13-/m0/s1. The molecule has 1 heterocycles. The average molecular weight is 236 g/mol. The van der Waals surface area contributed by atoms with Crippen molar-refractivity contribution in [2.45, 2.75) is 32.3 Å². The molecule has 0 bridgehead atoms. The SMILES string of the molecule is CCOC(=O)[C@]1(C)CCc2ccc(O)cc2O1. The molecule has 1 aliphatic heterocycles. The van der Waals surface area contributed by atoms with E-state index in [1.54, 1.807) is 19.9 Å². The number of aryl methyl sites for hydroxylation is 1. The van der Waals surface area contributed by atoms with Gasteiger partial charge in [0.15, 0.2) is 0 Å². The summed E-state index contributed by atoms with van der Waals surface area (Å²) < 4.78 is 10.7. The summed E-state index contributed by atoms with van der Waals surface area (Å²) in [4.78, 5) is 11.8. The van der Waals surface area contributed by atoms with E-state index >= 15 is 0 Å². The van der Waals surface area contributed by atoms with Gasteiger partial charge in [0.2, 0.25) is 5.60 Å². The van der Waals surface area contributed by atoms with Crippen molar-refractivity contribution in [1.82, 2.24) is 0 Å². The number of rotatable bonds is 2. The molecule has 4 heteroatoms. The minimum atomic E-state index is -0.948. The van der Waals surface area contributed by atoms with E-state index in [4.69, 9.17) is 9.47 Å². The molecule has 1 aromatic carbocycles. The molecule has 4 nitrogen and oxygen atoms in total. The maximum Gasteiger partial charge on any atom is 0.350 e. The molecule has 1 aliphatic rings. The van der Waals surface area contributed by atoms with Crippen LogP contribution in [0.5, 0.6) is 11.5 Å². The second-order valence-corrected chi connectivity index (χ2v) is 4.35. The van der Waals surface area contributed by atoms with Crippen molar-refractivity contribution in [2.75, 3.05) is 6.61 Å². The fourth-order valence-corrected chi connectivity index (χ4v) is 1.94. The van der Waals surface area contributed by atoms with Crippen molar-refractivity contribution in [2.24, 2.45) is 0 Å². The number of phenolic OH excluding ortho intramolecular Hbond substituents is 1. The molecule has 0 radical (unpaired) electrons. The van der Waals surface area contributed by atoms with Gasteiger partial charge in [-0.25, -0.2) is 4.79 Å². The Hall–Kier alpha value is -1.71. The Bertz CT molecular complexity index is 441. The zero-order valence-corrected chi connectivity index (χ0v) is 10.0. The molecule has 0 fully saturated rings. The van der Waals surface area contributed by atoms with Crippen LogP contribution < -0.4 is 4.74 Å². The van der Waals surface area contributed by atoms with Crippen LogP contribution in [0.1, 0.15) is 25.8 Å². The second kappa shape index (κ2) is 4.28. The topological polar surface area (TPSA) is 55.8 Å². The number of esters is 1. The van der Waals surface area contributed by atoms with Crippen LogP contribution >= 0.6 is 0 Å². The highest BCUT2D eigenvalue weighted by atomic mass is 16.6. The van der Waals surface area contributed by atoms with Gasteiger partial charge in [0.25, 0.3) is 0 Å². The molecule has 0 unspecified atom stereocenters. The predicted molar refractivity (Wildman–Crippen MR) is 62.1 cm³/mol. The van der Waals surface area contributed by atoms with Gasteiger partial charge in [0.05, 0.1) is 6.61 Å². The molecule has 0 amide bonds. The lowest BCUT2D eigenvalue weighted by Gasteiger charge is -2.33. The van der Waals surface area contributed by atoms with Gasteiger partial charge in [-0.05, 0) is 31.9 Å². The largest absolute Gasteiger partial charge is 0.508 e. The second-order valence-electron chi connectivity index (χ2n) is 4.35. The Labute approximate surface area is 100 Å². The van der Waals surface area contributed by atoms with Crippen molar-refractivity contribution in [3.8, 4) is 11.5 Å². The minimum Gasteiger partial charge on any atom is -0.508 e. The first-order valence-electron chi connectivity index (χ1n) is 5.73. The number of hydrogen-bond donors (Lipinski definition) is 1. The lowest BCUT2D eigenvalue weighted by molar-refractivity contribution is -0.161. The third kappa shape index (κ3) is 2.20. The number of aromatic hydroxyl groups is 1. The number of fused-ring (bicyclic) bond motifs is 1. The quantitative estimate of drug-likeness (QED) is 0.798. The summed E-state index contributed by atoms with van der Waals surface area (Å²) in [5, 5.41) is 9.40. The number of phenols is 1. The Morgan fingerprint density at radius 1 is 1.59 bits per heavy atom. The van der Waals surface area contributed by atoms with Crippen LogP contribution in [0.2, 0.25) is 0 Å². The number of hydrogen-bond acceptors (Lipinski definition) is 4. The molecule has 92 valence electrons. The van der Waals surface area contributed by atoms with Crippen molar-refractivity contribution >= 4 is 5.97 Å². The Morgan fingerprint density at radius 2 is 2.35 bits per heavy atom. The Morgan fingerprint density at radius 3 is 3.06 bits per heavy atom. The van der Waals surface area contributed by atoms with Crippen LogP contribution in [0.4, 0.5) is 0 Å². The van der Waals surface area contributed by atoms with Crippen LogP contribution in [-0.2, 0) is 16.0 Å². The van der Waals surface area contributed by atoms with Gasteiger partial charge in [-0.2, -0.15) is 0 Å². The lowest BCUT2D eigenvalue weighted by atomic mass is 9.92. The minimum absolute atomic E-state index is 0.136. The molecule has 1 N–H and O–H groups in total. The zero-order chi connectivity index (χ0) is 12.5. The van der Waals surface area contributed by atoms with Crippen molar-refractivity contribution in [3.63, 3.8) is 0 Å². The monoisotopic (exact) mass is 236 g/mol. The van der Waals surface area contributed by atoms with Gasteiger partial charge >= 0.3 is 5.97 Å². The van der Waals surface area contributed by atoms with Crippen LogP contribution in [0.25, 0.3) is 0 Å². The van der Waals surface area contributed by atoms with Crippen LogP contribution in [0.3, 0.4) is 0 Å². The van der Waals surface area contributed by atoms with Crippen molar-refractivity contribution in [3.05, 3.63) is 23.8 Å². The Balaban J connectivity index is 2.25. The number of benzene rings is 1. The van der Waals surface area contributed by atoms with Gasteiger partial charge in [-0.1, -0.05) is 6.07 Å². The number of ether oxygens (including phenoxy) is 2. The highest BCUT2D eigenvalue weighted by Crippen LogP contribution is 2.35. The molecule has 0 aliphatic carbocycles. The fourth-order valence-electron chi connectivity index (χ4n) is 1.94. The molecule has 0 aromatic heterocycles. The maximum atomic E-state index is 11.8. The Kier molecular flexibility index (Phi) is 2.96. The summed E-state index contributed by atoms with van der Waals surface area (Å²) >= 11 is 0. The van der Waals surface area contributed by atoms with Crippen LogP contribution in [-0.4, -0.2) is 23.3 Å². The summed E-state index contributed by atoms with van der Waals surface area (Å²) in [6.45, 7) is 3.83. The average Bonchev–Trinajstić information content (AvgIpc) is 2.28. The summed E-state index contributed by atoms with van der Waals surface area (Å²) in [5.41, 5.74) is 0.0566. The van der Waals surface area contributed by atoms with E-state index in [1.807, 2.05) is 6.07 Å². The summed E-state index contributed by atoms with van der Waals surface area (Å²) in [6.07, 6.45) is 1.33. The van der Waals surface area contributed by atoms with Gasteiger partial charge in [-0.15, -0.1) is 0 Å². The van der Waals surface area contributed by atoms with Crippen molar-refractivity contribution < 1.29 is 19.4 Å². The van der Waals surface area contributed by atoms with E-state index in [2.05, 4.69) is 0 Å². The first-order valence-corrected chi connectivity index (χ1v) is 5.73. The number of carbonyl (C=O) groups excluding carboxylic acids is 1. The summed E-state index contributed by atoms with van der Waals surface area (Å²) in [5.74, 6) is 0.345. The van der Waals surface area contributed by atoms with E-state index in [9.17, 15) is 9.90 Å². The van der Waals surface area contributed by atoms with Crippen LogP contribution in [0.15, 0.2) is 18.2 Å². The molecule has 17 heavy (non-hydrogen) atoms. The first kappa shape index (κ1) is 11.8. The van der Waals surface area contributed by atoms with Crippen LogP contribution in [0, 0.1) is 0 Å². The third-order valence-corrected chi connectivity index (χ3v) is 2.96. The van der Waals surface area contributed by atoms with Gasteiger partial charge in [0.1, 0.15) is 11.5 Å². The molecular weight excluding hydrogens is 220 g/mol. The predicted octanol–water partition coefficient (Wildman–Crippen LogP) is 2.04. The highest BCUT2D eigenvalue weighted by molar-refractivity contribution is 5.80. The molecule has 0 saturated heterocycles. The normalized spacial score (nSPS) is 22.5.